The first-order valence-corrected chi connectivity index (χ1v) is 6.64. The minimum absolute atomic E-state index is 0.865. The molecule has 0 bridgehead atoms. The summed E-state index contributed by atoms with van der Waals surface area (Å²) in [6.45, 7) is 2.32. The van der Waals surface area contributed by atoms with Crippen molar-refractivity contribution >= 4 is 0 Å². The van der Waals surface area contributed by atoms with Gasteiger partial charge in [0.25, 0.3) is 0 Å². The van der Waals surface area contributed by atoms with Crippen LogP contribution in [0.3, 0.4) is 0 Å². The van der Waals surface area contributed by atoms with E-state index in [4.69, 9.17) is 0 Å². The minimum Gasteiger partial charge on any atom is -0.311 e. The molecule has 2 aliphatic carbocycles. The third kappa shape index (κ3) is 3.27. The molecule has 0 aromatic carbocycles. The van der Waals surface area contributed by atoms with Gasteiger partial charge >= 0.3 is 0 Å². The average Bonchev–Trinajstić information content (AvgIpc) is 2.97. The Morgan fingerprint density at radius 1 is 0.929 bits per heavy atom. The molecular weight excluding hydrogens is 170 g/mol. The van der Waals surface area contributed by atoms with Crippen molar-refractivity contribution in [1.82, 2.24) is 5.32 Å². The molecule has 0 radical (unpaired) electrons. The molecule has 0 spiro atoms. The van der Waals surface area contributed by atoms with Gasteiger partial charge in [-0.2, -0.15) is 0 Å². The van der Waals surface area contributed by atoms with E-state index >= 15 is 0 Å². The highest BCUT2D eigenvalue weighted by Crippen LogP contribution is 2.29. The van der Waals surface area contributed by atoms with Gasteiger partial charge in [-0.3, -0.25) is 0 Å². The summed E-state index contributed by atoms with van der Waals surface area (Å²) in [4.78, 5) is 0. The molecule has 0 aromatic heterocycles. The molecule has 0 aliphatic heterocycles. The molecule has 82 valence electrons. The topological polar surface area (TPSA) is 12.0 Å². The molecule has 2 rings (SSSR count). The zero-order valence-electron chi connectivity index (χ0n) is 9.60. The standard InChI is InChI=1S/C13H25N/c1-2-4-11-5-3-6-12(8-7-11)14-13-9-10-13/h11-14H,2-10H2,1H3. The zero-order valence-corrected chi connectivity index (χ0v) is 9.60. The second kappa shape index (κ2) is 5.16. The second-order valence-corrected chi connectivity index (χ2v) is 5.30. The summed E-state index contributed by atoms with van der Waals surface area (Å²) in [7, 11) is 0. The first-order chi connectivity index (χ1) is 6.88. The number of rotatable bonds is 4. The van der Waals surface area contributed by atoms with Gasteiger partial charge in [-0.15, -0.1) is 0 Å². The van der Waals surface area contributed by atoms with Crippen LogP contribution < -0.4 is 5.32 Å². The SMILES string of the molecule is CCCC1CCCC(NC2CC2)CC1. The lowest BCUT2D eigenvalue weighted by molar-refractivity contribution is 0.409. The fourth-order valence-electron chi connectivity index (χ4n) is 2.83. The van der Waals surface area contributed by atoms with Crippen LogP contribution in [-0.4, -0.2) is 12.1 Å². The van der Waals surface area contributed by atoms with Crippen molar-refractivity contribution in [3.8, 4) is 0 Å². The second-order valence-electron chi connectivity index (χ2n) is 5.30. The van der Waals surface area contributed by atoms with Crippen LogP contribution in [0.15, 0.2) is 0 Å². The minimum atomic E-state index is 0.865. The first-order valence-electron chi connectivity index (χ1n) is 6.64. The van der Waals surface area contributed by atoms with Gasteiger partial charge in [0.2, 0.25) is 0 Å². The number of hydrogen-bond donors (Lipinski definition) is 1. The monoisotopic (exact) mass is 195 g/mol. The van der Waals surface area contributed by atoms with Gasteiger partial charge in [-0.25, -0.2) is 0 Å². The zero-order chi connectivity index (χ0) is 9.80. The Hall–Kier alpha value is -0.0400. The van der Waals surface area contributed by atoms with E-state index in [9.17, 15) is 0 Å². The maximum absolute atomic E-state index is 3.80. The third-order valence-corrected chi connectivity index (χ3v) is 3.83. The molecule has 0 saturated heterocycles. The molecule has 2 atom stereocenters. The van der Waals surface area contributed by atoms with E-state index in [2.05, 4.69) is 12.2 Å². The Kier molecular flexibility index (Phi) is 3.86. The van der Waals surface area contributed by atoms with Gasteiger partial charge in [0.15, 0.2) is 0 Å². The largest absolute Gasteiger partial charge is 0.311 e. The van der Waals surface area contributed by atoms with Crippen LogP contribution in [-0.2, 0) is 0 Å². The van der Waals surface area contributed by atoms with Crippen molar-refractivity contribution in [2.45, 2.75) is 76.8 Å². The fraction of sp³-hybridized carbons (Fsp3) is 1.00. The van der Waals surface area contributed by atoms with Crippen LogP contribution in [0.5, 0.6) is 0 Å². The molecule has 14 heavy (non-hydrogen) atoms. The molecule has 0 heterocycles. The summed E-state index contributed by atoms with van der Waals surface area (Å²) in [5, 5.41) is 3.80. The molecule has 2 aliphatic rings. The Morgan fingerprint density at radius 2 is 1.64 bits per heavy atom. The quantitative estimate of drug-likeness (QED) is 0.677. The molecule has 1 nitrogen and oxygen atoms in total. The van der Waals surface area contributed by atoms with Crippen LogP contribution in [0.25, 0.3) is 0 Å². The van der Waals surface area contributed by atoms with Gasteiger partial charge in [0.1, 0.15) is 0 Å². The maximum atomic E-state index is 3.80. The van der Waals surface area contributed by atoms with Crippen molar-refractivity contribution < 1.29 is 0 Å². The van der Waals surface area contributed by atoms with Crippen molar-refractivity contribution in [2.24, 2.45) is 5.92 Å². The highest BCUT2D eigenvalue weighted by molar-refractivity contribution is 4.86. The summed E-state index contributed by atoms with van der Waals surface area (Å²) < 4.78 is 0. The first kappa shape index (κ1) is 10.5. The van der Waals surface area contributed by atoms with Crippen molar-refractivity contribution in [3.05, 3.63) is 0 Å². The van der Waals surface area contributed by atoms with Gasteiger partial charge in [0, 0.05) is 12.1 Å². The lowest BCUT2D eigenvalue weighted by Crippen LogP contribution is -2.30. The molecule has 1 heteroatoms. The predicted molar refractivity (Wildman–Crippen MR) is 61.4 cm³/mol. The number of nitrogens with one attached hydrogen (secondary N) is 1. The Bertz CT molecular complexity index is 163. The van der Waals surface area contributed by atoms with E-state index < -0.39 is 0 Å². The van der Waals surface area contributed by atoms with Crippen molar-refractivity contribution in [1.29, 1.82) is 0 Å². The van der Waals surface area contributed by atoms with Gasteiger partial charge in [-0.05, 0) is 38.0 Å². The third-order valence-electron chi connectivity index (χ3n) is 3.83. The summed E-state index contributed by atoms with van der Waals surface area (Å²) in [6.07, 6.45) is 13.1. The molecule has 0 amide bonds. The number of hydrogen-bond acceptors (Lipinski definition) is 1. The summed E-state index contributed by atoms with van der Waals surface area (Å²) in [6, 6.07) is 1.77. The van der Waals surface area contributed by atoms with E-state index in [0.717, 1.165) is 18.0 Å². The van der Waals surface area contributed by atoms with Crippen LogP contribution in [0.2, 0.25) is 0 Å². The van der Waals surface area contributed by atoms with Gasteiger partial charge < -0.3 is 5.32 Å². The summed E-state index contributed by atoms with van der Waals surface area (Å²) in [5.41, 5.74) is 0. The fourth-order valence-corrected chi connectivity index (χ4v) is 2.83. The summed E-state index contributed by atoms with van der Waals surface area (Å²) in [5.74, 6) is 1.05. The van der Waals surface area contributed by atoms with Crippen LogP contribution >= 0.6 is 0 Å². The highest BCUT2D eigenvalue weighted by atomic mass is 15.0. The van der Waals surface area contributed by atoms with Crippen molar-refractivity contribution in [2.75, 3.05) is 0 Å². The van der Waals surface area contributed by atoms with Crippen LogP contribution in [0.4, 0.5) is 0 Å². The molecule has 0 aromatic rings. The summed E-state index contributed by atoms with van der Waals surface area (Å²) >= 11 is 0. The molecule has 2 saturated carbocycles. The Morgan fingerprint density at radius 3 is 2.36 bits per heavy atom. The molecule has 2 fully saturated rings. The van der Waals surface area contributed by atoms with Gasteiger partial charge in [-0.1, -0.05) is 32.6 Å². The maximum Gasteiger partial charge on any atom is 0.00708 e. The lowest BCUT2D eigenvalue weighted by atomic mass is 9.95. The highest BCUT2D eigenvalue weighted by Gasteiger charge is 2.26. The molecule has 1 N–H and O–H groups in total. The van der Waals surface area contributed by atoms with Gasteiger partial charge in [0.05, 0.1) is 0 Å². The van der Waals surface area contributed by atoms with Crippen LogP contribution in [0.1, 0.15) is 64.7 Å². The Balaban J connectivity index is 1.69. The van der Waals surface area contributed by atoms with E-state index in [1.807, 2.05) is 0 Å². The Labute approximate surface area is 88.7 Å². The molecule has 2 unspecified atom stereocenters. The van der Waals surface area contributed by atoms with E-state index in [0.29, 0.717) is 0 Å². The normalized spacial score (nSPS) is 34.1. The predicted octanol–water partition coefficient (Wildman–Crippen LogP) is 3.49. The molecular formula is C13H25N. The van der Waals surface area contributed by atoms with Crippen LogP contribution in [0, 0.1) is 5.92 Å². The van der Waals surface area contributed by atoms with E-state index in [-0.39, 0.29) is 0 Å². The van der Waals surface area contributed by atoms with E-state index in [1.54, 1.807) is 0 Å². The van der Waals surface area contributed by atoms with E-state index in [1.165, 1.54) is 57.8 Å². The lowest BCUT2D eigenvalue weighted by Gasteiger charge is -2.16. The smallest absolute Gasteiger partial charge is 0.00708 e. The average molecular weight is 195 g/mol. The van der Waals surface area contributed by atoms with Crippen molar-refractivity contribution in [3.63, 3.8) is 0 Å².